The molecular weight excluding hydrogens is 228 g/mol. The molecular formula is C14H26N2O2. The largest absolute Gasteiger partial charge is 0.374 e. The standard InChI is InChI=1S/C14H26N2O2/c1-3-14(15,4-2)13(17)16-9-10-18-12-8-6-5-7-11(12)16/h11-12H,3-10,15H2,1-2H3. The van der Waals surface area contributed by atoms with Gasteiger partial charge in [-0.05, 0) is 25.7 Å². The van der Waals surface area contributed by atoms with E-state index in [4.69, 9.17) is 10.5 Å². The Morgan fingerprint density at radius 2 is 2.00 bits per heavy atom. The molecule has 2 atom stereocenters. The summed E-state index contributed by atoms with van der Waals surface area (Å²) in [7, 11) is 0. The van der Waals surface area contributed by atoms with Gasteiger partial charge in [-0.3, -0.25) is 4.79 Å². The zero-order chi connectivity index (χ0) is 13.2. The van der Waals surface area contributed by atoms with Gasteiger partial charge in [-0.2, -0.15) is 0 Å². The minimum Gasteiger partial charge on any atom is -0.374 e. The summed E-state index contributed by atoms with van der Waals surface area (Å²) in [6.45, 7) is 5.37. The molecule has 1 aliphatic carbocycles. The van der Waals surface area contributed by atoms with Crippen LogP contribution in [0.2, 0.25) is 0 Å². The van der Waals surface area contributed by atoms with Crippen LogP contribution in [0.3, 0.4) is 0 Å². The molecule has 0 spiro atoms. The first-order chi connectivity index (χ1) is 8.62. The van der Waals surface area contributed by atoms with Gasteiger partial charge >= 0.3 is 0 Å². The molecule has 0 aromatic carbocycles. The van der Waals surface area contributed by atoms with Crippen LogP contribution in [-0.4, -0.2) is 41.6 Å². The second kappa shape index (κ2) is 5.57. The first-order valence-corrected chi connectivity index (χ1v) is 7.34. The van der Waals surface area contributed by atoms with Crippen molar-refractivity contribution < 1.29 is 9.53 Å². The smallest absolute Gasteiger partial charge is 0.243 e. The minimum absolute atomic E-state index is 0.132. The van der Waals surface area contributed by atoms with Crippen LogP contribution in [0.4, 0.5) is 0 Å². The molecule has 1 aliphatic heterocycles. The van der Waals surface area contributed by atoms with Crippen LogP contribution in [0, 0.1) is 0 Å². The predicted molar refractivity (Wildman–Crippen MR) is 71.2 cm³/mol. The molecule has 2 unspecified atom stereocenters. The third-order valence-corrected chi connectivity index (χ3v) is 4.68. The van der Waals surface area contributed by atoms with Gasteiger partial charge in [0, 0.05) is 6.54 Å². The molecule has 2 N–H and O–H groups in total. The topological polar surface area (TPSA) is 55.6 Å². The number of morpholine rings is 1. The lowest BCUT2D eigenvalue weighted by Gasteiger charge is -2.46. The van der Waals surface area contributed by atoms with Gasteiger partial charge in [0.2, 0.25) is 5.91 Å². The highest BCUT2D eigenvalue weighted by Crippen LogP contribution is 2.30. The van der Waals surface area contributed by atoms with Crippen molar-refractivity contribution in [3.05, 3.63) is 0 Å². The van der Waals surface area contributed by atoms with E-state index in [2.05, 4.69) is 0 Å². The molecule has 4 heteroatoms. The molecule has 1 amide bonds. The summed E-state index contributed by atoms with van der Waals surface area (Å²) in [5, 5.41) is 0. The number of carbonyl (C=O) groups is 1. The predicted octanol–water partition coefficient (Wildman–Crippen LogP) is 1.67. The van der Waals surface area contributed by atoms with Crippen LogP contribution in [-0.2, 0) is 9.53 Å². The molecule has 2 aliphatic rings. The maximum Gasteiger partial charge on any atom is 0.243 e. The van der Waals surface area contributed by atoms with E-state index < -0.39 is 5.54 Å². The van der Waals surface area contributed by atoms with Gasteiger partial charge in [-0.25, -0.2) is 0 Å². The van der Waals surface area contributed by atoms with Crippen LogP contribution in [0.1, 0.15) is 52.4 Å². The van der Waals surface area contributed by atoms with E-state index in [9.17, 15) is 4.79 Å². The Balaban J connectivity index is 2.13. The molecule has 0 aromatic rings. The van der Waals surface area contributed by atoms with Crippen molar-refractivity contribution in [3.8, 4) is 0 Å². The zero-order valence-corrected chi connectivity index (χ0v) is 11.7. The van der Waals surface area contributed by atoms with E-state index in [1.807, 2.05) is 18.7 Å². The summed E-state index contributed by atoms with van der Waals surface area (Å²) in [5.41, 5.74) is 5.58. The number of amides is 1. The molecule has 1 saturated carbocycles. The van der Waals surface area contributed by atoms with Crippen LogP contribution in [0.5, 0.6) is 0 Å². The number of rotatable bonds is 3. The molecule has 1 heterocycles. The van der Waals surface area contributed by atoms with Crippen molar-refractivity contribution in [2.45, 2.75) is 70.1 Å². The normalized spacial score (nSPS) is 28.9. The second-order valence-electron chi connectivity index (χ2n) is 5.62. The lowest BCUT2D eigenvalue weighted by atomic mass is 9.86. The monoisotopic (exact) mass is 254 g/mol. The molecule has 1 saturated heterocycles. The van der Waals surface area contributed by atoms with Crippen molar-refractivity contribution in [3.63, 3.8) is 0 Å². The van der Waals surface area contributed by atoms with Crippen LogP contribution in [0.15, 0.2) is 0 Å². The number of nitrogens with two attached hydrogens (primary N) is 1. The SMILES string of the molecule is CCC(N)(CC)C(=O)N1CCOC2CCCCC21. The van der Waals surface area contributed by atoms with Gasteiger partial charge in [0.05, 0.1) is 24.3 Å². The Morgan fingerprint density at radius 1 is 1.33 bits per heavy atom. The van der Waals surface area contributed by atoms with Crippen LogP contribution < -0.4 is 5.73 Å². The Bertz CT molecular complexity index is 300. The molecule has 4 nitrogen and oxygen atoms in total. The van der Waals surface area contributed by atoms with Crippen molar-refractivity contribution in [2.75, 3.05) is 13.2 Å². The fourth-order valence-corrected chi connectivity index (χ4v) is 3.19. The highest BCUT2D eigenvalue weighted by molar-refractivity contribution is 5.86. The quantitative estimate of drug-likeness (QED) is 0.833. The van der Waals surface area contributed by atoms with Crippen molar-refractivity contribution >= 4 is 5.91 Å². The molecule has 18 heavy (non-hydrogen) atoms. The van der Waals surface area contributed by atoms with Gasteiger partial charge in [-0.1, -0.05) is 26.7 Å². The number of hydrogen-bond acceptors (Lipinski definition) is 3. The zero-order valence-electron chi connectivity index (χ0n) is 11.7. The number of fused-ring (bicyclic) bond motifs is 1. The van der Waals surface area contributed by atoms with Crippen molar-refractivity contribution in [2.24, 2.45) is 5.73 Å². The lowest BCUT2D eigenvalue weighted by Crippen LogP contribution is -2.62. The van der Waals surface area contributed by atoms with Gasteiger partial charge < -0.3 is 15.4 Å². The third-order valence-electron chi connectivity index (χ3n) is 4.68. The average molecular weight is 254 g/mol. The highest BCUT2D eigenvalue weighted by atomic mass is 16.5. The highest BCUT2D eigenvalue weighted by Gasteiger charge is 2.42. The van der Waals surface area contributed by atoms with E-state index in [-0.39, 0.29) is 18.1 Å². The van der Waals surface area contributed by atoms with E-state index in [0.29, 0.717) is 26.0 Å². The summed E-state index contributed by atoms with van der Waals surface area (Å²) < 4.78 is 5.81. The maximum absolute atomic E-state index is 12.7. The summed E-state index contributed by atoms with van der Waals surface area (Å²) in [4.78, 5) is 14.7. The molecule has 2 rings (SSSR count). The fourth-order valence-electron chi connectivity index (χ4n) is 3.19. The summed E-state index contributed by atoms with van der Waals surface area (Å²) in [6, 6.07) is 0.265. The first kappa shape index (κ1) is 13.8. The molecule has 0 bridgehead atoms. The first-order valence-electron chi connectivity index (χ1n) is 7.34. The summed E-state index contributed by atoms with van der Waals surface area (Å²) in [5.74, 6) is 0.132. The minimum atomic E-state index is -0.681. The number of nitrogens with zero attached hydrogens (tertiary/aromatic N) is 1. The molecule has 0 radical (unpaired) electrons. The van der Waals surface area contributed by atoms with Gasteiger partial charge in [0.15, 0.2) is 0 Å². The average Bonchev–Trinajstić information content (AvgIpc) is 2.45. The van der Waals surface area contributed by atoms with Gasteiger partial charge in [0.25, 0.3) is 0 Å². The fraction of sp³-hybridized carbons (Fsp3) is 0.929. The van der Waals surface area contributed by atoms with Gasteiger partial charge in [0.1, 0.15) is 0 Å². The Morgan fingerprint density at radius 3 is 2.67 bits per heavy atom. The molecule has 104 valence electrons. The van der Waals surface area contributed by atoms with Crippen LogP contribution >= 0.6 is 0 Å². The number of ether oxygens (including phenoxy) is 1. The van der Waals surface area contributed by atoms with Crippen molar-refractivity contribution in [1.82, 2.24) is 4.90 Å². The lowest BCUT2D eigenvalue weighted by molar-refractivity contribution is -0.155. The Hall–Kier alpha value is -0.610. The maximum atomic E-state index is 12.7. The summed E-state index contributed by atoms with van der Waals surface area (Å²) >= 11 is 0. The van der Waals surface area contributed by atoms with E-state index in [1.165, 1.54) is 12.8 Å². The van der Waals surface area contributed by atoms with E-state index >= 15 is 0 Å². The third kappa shape index (κ3) is 2.41. The van der Waals surface area contributed by atoms with Crippen LogP contribution in [0.25, 0.3) is 0 Å². The second-order valence-corrected chi connectivity index (χ2v) is 5.62. The van der Waals surface area contributed by atoms with Gasteiger partial charge in [-0.15, -0.1) is 0 Å². The van der Waals surface area contributed by atoms with E-state index in [1.54, 1.807) is 0 Å². The Kier molecular flexibility index (Phi) is 4.28. The molecule has 0 aromatic heterocycles. The number of carbonyl (C=O) groups excluding carboxylic acids is 1. The van der Waals surface area contributed by atoms with Crippen molar-refractivity contribution in [1.29, 1.82) is 0 Å². The number of hydrogen-bond donors (Lipinski definition) is 1. The Labute approximate surface area is 110 Å². The van der Waals surface area contributed by atoms with E-state index in [0.717, 1.165) is 12.8 Å². The summed E-state index contributed by atoms with van der Waals surface area (Å²) in [6.07, 6.45) is 6.23. The molecule has 2 fully saturated rings.